The van der Waals surface area contributed by atoms with Gasteiger partial charge in [0, 0.05) is 47.3 Å². The molecular formula is C62H52O6Ru2+2. The number of benzene rings is 8. The van der Waals surface area contributed by atoms with Gasteiger partial charge in [0.15, 0.2) is 0 Å². The molecule has 8 unspecified atom stereocenters. The smallest absolute Gasteiger partial charge is 1.00 e. The van der Waals surface area contributed by atoms with Crippen LogP contribution in [0, 0.1) is 26.6 Å². The minimum atomic E-state index is -0.467. The third-order valence-corrected chi connectivity index (χ3v) is 13.3. The number of rotatable bonds is 8. The van der Waals surface area contributed by atoms with E-state index in [-0.39, 0.29) is 86.3 Å². The zero-order valence-electron chi connectivity index (χ0n) is 38.1. The van der Waals surface area contributed by atoms with Crippen molar-refractivity contribution in [3.63, 3.8) is 0 Å². The van der Waals surface area contributed by atoms with Gasteiger partial charge in [-0.1, -0.05) is 243 Å². The van der Waals surface area contributed by atoms with Crippen LogP contribution in [0.3, 0.4) is 0 Å². The standard InChI is InChI=1S/2C29H26O.4CO.2Ru/c2*30-29-27(23-17-9-3-10-18-23)25(21-13-5-1-6-14-21)26(22-15-7-2-8-16-22)28(29)24-19-11-4-12-20-24;4*1-2;;/h2*1-20,25-30H;;;;;;/q;;;;;;2*+1. The van der Waals surface area contributed by atoms with Gasteiger partial charge in [-0.15, -0.1) is 0 Å². The first-order chi connectivity index (χ1) is 33.7. The van der Waals surface area contributed by atoms with Crippen LogP contribution in [-0.4, -0.2) is 22.4 Å². The molecule has 0 bridgehead atoms. The maximum Gasteiger partial charge on any atom is 1.00 e. The predicted octanol–water partition coefficient (Wildman–Crippen LogP) is 12.8. The van der Waals surface area contributed by atoms with Crippen molar-refractivity contribution in [3.8, 4) is 0 Å². The Morgan fingerprint density at radius 1 is 0.200 bits per heavy atom. The average Bonchev–Trinajstić information content (AvgIpc) is 3.93. The molecule has 0 saturated heterocycles. The van der Waals surface area contributed by atoms with Crippen LogP contribution >= 0.6 is 0 Å². The van der Waals surface area contributed by atoms with Gasteiger partial charge in [0.25, 0.3) is 0 Å². The van der Waals surface area contributed by atoms with E-state index in [2.05, 4.69) is 245 Å². The summed E-state index contributed by atoms with van der Waals surface area (Å²) in [5.74, 6) is 0.890. The summed E-state index contributed by atoms with van der Waals surface area (Å²) in [6.45, 7) is 18.0. The molecular weight excluding hydrogens is 1040 g/mol. The van der Waals surface area contributed by atoms with E-state index in [9.17, 15) is 10.2 Å². The van der Waals surface area contributed by atoms with Crippen molar-refractivity contribution in [1.82, 2.24) is 0 Å². The molecule has 2 aliphatic carbocycles. The van der Waals surface area contributed by atoms with Crippen LogP contribution in [-0.2, 0) is 57.6 Å². The van der Waals surface area contributed by atoms with Gasteiger partial charge < -0.3 is 10.2 Å². The number of aliphatic hydroxyl groups excluding tert-OH is 2. The normalized spacial score (nSPS) is 22.3. The third kappa shape index (κ3) is 13.6. The summed E-state index contributed by atoms with van der Waals surface area (Å²) in [5, 5.41) is 23.6. The topological polar surface area (TPSA) is 120 Å². The Bertz CT molecular complexity index is 2330. The molecule has 0 aliphatic heterocycles. The predicted molar refractivity (Wildman–Crippen MR) is 261 cm³/mol. The molecule has 0 amide bonds. The summed E-state index contributed by atoms with van der Waals surface area (Å²) in [6, 6.07) is 85.1. The molecule has 0 heterocycles. The van der Waals surface area contributed by atoms with Crippen molar-refractivity contribution >= 4 is 0 Å². The van der Waals surface area contributed by atoms with Crippen LogP contribution in [0.1, 0.15) is 91.9 Å². The molecule has 2 fully saturated rings. The molecule has 2 saturated carbocycles. The van der Waals surface area contributed by atoms with Gasteiger partial charge >= 0.3 is 84.2 Å². The van der Waals surface area contributed by atoms with E-state index in [1.54, 1.807) is 0 Å². The molecule has 0 aromatic heterocycles. The van der Waals surface area contributed by atoms with Crippen molar-refractivity contribution < 1.29 is 67.8 Å². The number of aliphatic hydroxyl groups is 2. The first-order valence-corrected chi connectivity index (χ1v) is 22.3. The van der Waals surface area contributed by atoms with Gasteiger partial charge in [0.2, 0.25) is 0 Å². The Morgan fingerprint density at radius 2 is 0.300 bits per heavy atom. The van der Waals surface area contributed by atoms with Gasteiger partial charge in [-0.3, -0.25) is 0 Å². The van der Waals surface area contributed by atoms with Gasteiger partial charge in [-0.2, -0.15) is 0 Å². The summed E-state index contributed by atoms with van der Waals surface area (Å²) in [4.78, 5) is 0. The summed E-state index contributed by atoms with van der Waals surface area (Å²) >= 11 is 0. The summed E-state index contributed by atoms with van der Waals surface area (Å²) in [5.41, 5.74) is 9.98. The van der Waals surface area contributed by atoms with E-state index < -0.39 is 12.2 Å². The molecule has 8 aromatic rings. The Kier molecular flexibility index (Phi) is 25.9. The van der Waals surface area contributed by atoms with Crippen LogP contribution in [0.4, 0.5) is 0 Å². The van der Waals surface area contributed by atoms with Gasteiger partial charge in [-0.05, 0) is 44.5 Å². The van der Waals surface area contributed by atoms with E-state index in [1.807, 2.05) is 24.3 Å². The minimum absolute atomic E-state index is 0. The van der Waals surface area contributed by atoms with E-state index >= 15 is 0 Å². The summed E-state index contributed by atoms with van der Waals surface area (Å²) < 4.78 is 30.0. The molecule has 0 spiro atoms. The second-order valence-electron chi connectivity index (χ2n) is 16.5. The minimum Gasteiger partial charge on any atom is 1.00 e. The zero-order chi connectivity index (χ0) is 48.7. The van der Waals surface area contributed by atoms with Crippen molar-refractivity contribution in [2.75, 3.05) is 0 Å². The molecule has 8 heteroatoms. The van der Waals surface area contributed by atoms with Crippen LogP contribution in [0.15, 0.2) is 243 Å². The van der Waals surface area contributed by atoms with E-state index in [1.165, 1.54) is 44.5 Å². The van der Waals surface area contributed by atoms with E-state index in [0.717, 1.165) is 0 Å². The van der Waals surface area contributed by atoms with Crippen molar-refractivity contribution in [2.24, 2.45) is 0 Å². The van der Waals surface area contributed by atoms with Crippen molar-refractivity contribution in [1.29, 1.82) is 0 Å². The second-order valence-corrected chi connectivity index (χ2v) is 16.5. The quantitative estimate of drug-likeness (QED) is 0.0895. The van der Waals surface area contributed by atoms with Crippen molar-refractivity contribution in [3.05, 3.63) is 314 Å². The van der Waals surface area contributed by atoms with Gasteiger partial charge in [0.05, 0.1) is 12.2 Å². The van der Waals surface area contributed by atoms with Crippen molar-refractivity contribution in [2.45, 2.75) is 59.6 Å². The fourth-order valence-corrected chi connectivity index (χ4v) is 10.9. The Labute approximate surface area is 438 Å². The van der Waals surface area contributed by atoms with Crippen LogP contribution in [0.2, 0.25) is 0 Å². The zero-order valence-corrected chi connectivity index (χ0v) is 41.6. The van der Waals surface area contributed by atoms with E-state index in [4.69, 9.17) is 18.6 Å². The molecule has 70 heavy (non-hydrogen) atoms. The molecule has 8 atom stereocenters. The first-order valence-electron chi connectivity index (χ1n) is 22.3. The molecule has 2 radical (unpaired) electrons. The van der Waals surface area contributed by atoms with Crippen LogP contribution in [0.25, 0.3) is 0 Å². The Morgan fingerprint density at radius 3 is 0.414 bits per heavy atom. The third-order valence-electron chi connectivity index (χ3n) is 13.3. The second kappa shape index (κ2) is 31.2. The Balaban J connectivity index is 0.000000317. The van der Waals surface area contributed by atoms with Gasteiger partial charge in [-0.25, -0.2) is 0 Å². The van der Waals surface area contributed by atoms with Crippen LogP contribution < -0.4 is 0 Å². The molecule has 2 N–H and O–H groups in total. The monoisotopic (exact) mass is 1100 g/mol. The maximum atomic E-state index is 11.8. The number of hydrogen-bond acceptors (Lipinski definition) is 2. The molecule has 10 rings (SSSR count). The largest absolute Gasteiger partial charge is 1.00 e. The van der Waals surface area contributed by atoms with Gasteiger partial charge in [0.1, 0.15) is 0 Å². The molecule has 350 valence electrons. The van der Waals surface area contributed by atoms with Crippen LogP contribution in [0.5, 0.6) is 0 Å². The fourth-order valence-electron chi connectivity index (χ4n) is 10.9. The summed E-state index contributed by atoms with van der Waals surface area (Å²) in [7, 11) is 0. The maximum absolute atomic E-state index is 11.8. The molecule has 2 aliphatic rings. The number of hydrogen-bond donors (Lipinski definition) is 2. The summed E-state index contributed by atoms with van der Waals surface area (Å²) in [6.07, 6.45) is -0.935. The first kappa shape index (κ1) is 58.2. The Hall–Kier alpha value is -6.11. The van der Waals surface area contributed by atoms with E-state index in [0.29, 0.717) is 0 Å². The average molecular weight is 1100 g/mol. The molecule has 8 aromatic carbocycles. The SMILES string of the molecule is OC1C(c2ccccc2)C(c2ccccc2)C(c2ccccc2)C1c1ccccc1.OC1C(c2ccccc2)C(c2ccccc2)C(c2ccccc2)C1c1ccccc1.[C-]#[O+].[C-]#[O+].[C-]#[O+].[C-]#[O+].[Ru+].[Ru+]. The molecule has 6 nitrogen and oxygen atoms in total. The fraction of sp³-hybridized carbons (Fsp3) is 0.161.